The summed E-state index contributed by atoms with van der Waals surface area (Å²) >= 11 is 5.69. The molecule has 0 aliphatic carbocycles. The van der Waals surface area contributed by atoms with E-state index in [9.17, 15) is 0 Å². The minimum atomic E-state index is 0.269. The molecule has 0 aromatic heterocycles. The zero-order valence-electron chi connectivity index (χ0n) is 10.8. The number of benzene rings is 1. The summed E-state index contributed by atoms with van der Waals surface area (Å²) < 4.78 is 0. The van der Waals surface area contributed by atoms with Gasteiger partial charge in [0.25, 0.3) is 0 Å². The number of hydrogen-bond acceptors (Lipinski definition) is 2. The zero-order chi connectivity index (χ0) is 13.0. The predicted octanol–water partition coefficient (Wildman–Crippen LogP) is 3.15. The third-order valence-corrected chi connectivity index (χ3v) is 3.55. The normalized spacial score (nSPS) is 21.1. The standard InChI is InChI=1S/C14H20ClN3/c1-11-5-4-8-18(10-11)13-7-3-2-6-12(13)17-14(16)9-15/h2-3,6-7,11H,4-5,8-10H2,1H3,(H2,16,17). The van der Waals surface area contributed by atoms with Gasteiger partial charge >= 0.3 is 0 Å². The second-order valence-electron chi connectivity index (χ2n) is 4.92. The first-order valence-electron chi connectivity index (χ1n) is 6.43. The molecule has 0 saturated carbocycles. The first-order chi connectivity index (χ1) is 8.70. The number of piperidine rings is 1. The molecule has 98 valence electrons. The second kappa shape index (κ2) is 6.10. The van der Waals surface area contributed by atoms with Crippen molar-refractivity contribution in [2.45, 2.75) is 19.8 Å². The Bertz CT molecular complexity index is 431. The third-order valence-electron chi connectivity index (χ3n) is 3.28. The van der Waals surface area contributed by atoms with Crippen molar-refractivity contribution < 1.29 is 0 Å². The SMILES string of the molecule is CC1CCCN(c2ccccc2N=C(N)CCl)C1. The Morgan fingerprint density at radius 1 is 1.50 bits per heavy atom. The molecule has 1 heterocycles. The van der Waals surface area contributed by atoms with E-state index in [0.29, 0.717) is 5.84 Å². The van der Waals surface area contributed by atoms with E-state index in [-0.39, 0.29) is 5.88 Å². The fourth-order valence-electron chi connectivity index (χ4n) is 2.42. The largest absolute Gasteiger partial charge is 0.386 e. The summed E-state index contributed by atoms with van der Waals surface area (Å²) in [5.41, 5.74) is 7.82. The van der Waals surface area contributed by atoms with Gasteiger partial charge in [0.15, 0.2) is 0 Å². The summed E-state index contributed by atoms with van der Waals surface area (Å²) in [5.74, 6) is 1.47. The first-order valence-corrected chi connectivity index (χ1v) is 6.97. The van der Waals surface area contributed by atoms with Crippen molar-refractivity contribution in [3.05, 3.63) is 24.3 Å². The van der Waals surface area contributed by atoms with Gasteiger partial charge in [-0.25, -0.2) is 4.99 Å². The molecular weight excluding hydrogens is 246 g/mol. The van der Waals surface area contributed by atoms with Crippen LogP contribution in [-0.4, -0.2) is 24.8 Å². The highest BCUT2D eigenvalue weighted by atomic mass is 35.5. The molecule has 1 aliphatic heterocycles. The Labute approximate surface area is 114 Å². The van der Waals surface area contributed by atoms with Crippen LogP contribution in [0.5, 0.6) is 0 Å². The van der Waals surface area contributed by atoms with Crippen LogP contribution in [0.15, 0.2) is 29.3 Å². The molecule has 1 fully saturated rings. The smallest absolute Gasteiger partial charge is 0.115 e. The van der Waals surface area contributed by atoms with Crippen LogP contribution in [-0.2, 0) is 0 Å². The van der Waals surface area contributed by atoms with Crippen molar-refractivity contribution in [2.75, 3.05) is 23.9 Å². The fraction of sp³-hybridized carbons (Fsp3) is 0.500. The monoisotopic (exact) mass is 265 g/mol. The fourth-order valence-corrected chi connectivity index (χ4v) is 2.48. The Hall–Kier alpha value is -1.22. The maximum Gasteiger partial charge on any atom is 0.115 e. The summed E-state index contributed by atoms with van der Waals surface area (Å²) in [6, 6.07) is 8.13. The minimum Gasteiger partial charge on any atom is -0.386 e. The van der Waals surface area contributed by atoms with Crippen LogP contribution < -0.4 is 10.6 Å². The van der Waals surface area contributed by atoms with Crippen LogP contribution in [0.1, 0.15) is 19.8 Å². The van der Waals surface area contributed by atoms with Crippen molar-refractivity contribution in [1.82, 2.24) is 0 Å². The molecule has 0 radical (unpaired) electrons. The van der Waals surface area contributed by atoms with Gasteiger partial charge in [0.2, 0.25) is 0 Å². The number of anilines is 1. The van der Waals surface area contributed by atoms with Gasteiger partial charge in [-0.15, -0.1) is 11.6 Å². The molecule has 3 nitrogen and oxygen atoms in total. The van der Waals surface area contributed by atoms with E-state index in [2.05, 4.69) is 22.9 Å². The summed E-state index contributed by atoms with van der Waals surface area (Å²) in [6.45, 7) is 4.48. The van der Waals surface area contributed by atoms with Crippen LogP contribution >= 0.6 is 11.6 Å². The molecular formula is C14H20ClN3. The second-order valence-corrected chi connectivity index (χ2v) is 5.19. The van der Waals surface area contributed by atoms with Crippen LogP contribution in [0.3, 0.4) is 0 Å². The van der Waals surface area contributed by atoms with Gasteiger partial charge in [-0.05, 0) is 30.9 Å². The topological polar surface area (TPSA) is 41.6 Å². The van der Waals surface area contributed by atoms with Crippen LogP contribution in [0, 0.1) is 5.92 Å². The maximum atomic E-state index is 5.73. The lowest BCUT2D eigenvalue weighted by molar-refractivity contribution is 0.447. The number of nitrogens with zero attached hydrogens (tertiary/aromatic N) is 2. The molecule has 1 aromatic carbocycles. The summed E-state index contributed by atoms with van der Waals surface area (Å²) in [5, 5.41) is 0. The Morgan fingerprint density at radius 2 is 2.28 bits per heavy atom. The van der Waals surface area contributed by atoms with E-state index in [1.165, 1.54) is 12.8 Å². The summed E-state index contributed by atoms with van der Waals surface area (Å²) in [7, 11) is 0. The Balaban J connectivity index is 2.26. The molecule has 4 heteroatoms. The number of alkyl halides is 1. The number of para-hydroxylation sites is 2. The van der Waals surface area contributed by atoms with E-state index in [4.69, 9.17) is 17.3 Å². The molecule has 2 N–H and O–H groups in total. The van der Waals surface area contributed by atoms with E-state index >= 15 is 0 Å². The number of hydrogen-bond donors (Lipinski definition) is 1. The summed E-state index contributed by atoms with van der Waals surface area (Å²) in [6.07, 6.45) is 2.55. The van der Waals surface area contributed by atoms with Gasteiger partial charge in [-0.2, -0.15) is 0 Å². The van der Waals surface area contributed by atoms with Crippen LogP contribution in [0.25, 0.3) is 0 Å². The molecule has 0 amide bonds. The molecule has 1 atom stereocenters. The van der Waals surface area contributed by atoms with Crippen molar-refractivity contribution >= 4 is 28.8 Å². The zero-order valence-corrected chi connectivity index (χ0v) is 11.5. The molecule has 1 aliphatic rings. The number of amidine groups is 1. The lowest BCUT2D eigenvalue weighted by atomic mass is 9.99. The van der Waals surface area contributed by atoms with Crippen LogP contribution in [0.2, 0.25) is 0 Å². The van der Waals surface area contributed by atoms with Gasteiger partial charge in [-0.3, -0.25) is 0 Å². The average Bonchev–Trinajstić information content (AvgIpc) is 2.39. The number of aliphatic imine (C=N–C) groups is 1. The molecule has 18 heavy (non-hydrogen) atoms. The quantitative estimate of drug-likeness (QED) is 0.518. The molecule has 2 rings (SSSR count). The van der Waals surface area contributed by atoms with Gasteiger partial charge in [-0.1, -0.05) is 19.1 Å². The Kier molecular flexibility index (Phi) is 4.48. The van der Waals surface area contributed by atoms with E-state index in [1.807, 2.05) is 18.2 Å². The van der Waals surface area contributed by atoms with E-state index in [0.717, 1.165) is 30.4 Å². The van der Waals surface area contributed by atoms with Crippen molar-refractivity contribution in [3.63, 3.8) is 0 Å². The number of rotatable bonds is 3. The predicted molar refractivity (Wildman–Crippen MR) is 79.1 cm³/mol. The van der Waals surface area contributed by atoms with Gasteiger partial charge in [0, 0.05) is 13.1 Å². The third kappa shape index (κ3) is 3.16. The molecule has 1 unspecified atom stereocenters. The average molecular weight is 266 g/mol. The highest BCUT2D eigenvalue weighted by molar-refractivity contribution is 6.28. The molecule has 0 bridgehead atoms. The van der Waals surface area contributed by atoms with Gasteiger partial charge < -0.3 is 10.6 Å². The molecule has 1 aromatic rings. The maximum absolute atomic E-state index is 5.73. The molecule has 1 saturated heterocycles. The highest BCUT2D eigenvalue weighted by Crippen LogP contribution is 2.31. The Morgan fingerprint density at radius 3 is 3.00 bits per heavy atom. The van der Waals surface area contributed by atoms with Crippen molar-refractivity contribution in [1.29, 1.82) is 0 Å². The van der Waals surface area contributed by atoms with E-state index in [1.54, 1.807) is 0 Å². The van der Waals surface area contributed by atoms with Crippen molar-refractivity contribution in [3.8, 4) is 0 Å². The molecule has 0 spiro atoms. The van der Waals surface area contributed by atoms with Crippen LogP contribution in [0.4, 0.5) is 11.4 Å². The lowest BCUT2D eigenvalue weighted by Crippen LogP contribution is -2.34. The lowest BCUT2D eigenvalue weighted by Gasteiger charge is -2.33. The highest BCUT2D eigenvalue weighted by Gasteiger charge is 2.18. The van der Waals surface area contributed by atoms with E-state index < -0.39 is 0 Å². The first kappa shape index (κ1) is 13.2. The number of halogens is 1. The van der Waals surface area contributed by atoms with Gasteiger partial charge in [0.1, 0.15) is 5.84 Å². The van der Waals surface area contributed by atoms with Crippen molar-refractivity contribution in [2.24, 2.45) is 16.6 Å². The minimum absolute atomic E-state index is 0.269. The van der Waals surface area contributed by atoms with Gasteiger partial charge in [0.05, 0.1) is 17.3 Å². The summed E-state index contributed by atoms with van der Waals surface area (Å²) in [4.78, 5) is 6.80. The number of nitrogens with two attached hydrogens (primary N) is 1.